The Labute approximate surface area is 132 Å². The second-order valence-electron chi connectivity index (χ2n) is 6.89. The lowest BCUT2D eigenvalue weighted by molar-refractivity contribution is 0.424. The van der Waals surface area contributed by atoms with Gasteiger partial charge in [0.25, 0.3) is 0 Å². The Balaban J connectivity index is 2.02. The Kier molecular flexibility index (Phi) is 5.14. The molecule has 0 saturated carbocycles. The normalized spacial score (nSPS) is 19.6. The number of nitrogens with zero attached hydrogens (tertiary/aromatic N) is 1. The van der Waals surface area contributed by atoms with Crippen molar-refractivity contribution in [3.05, 3.63) is 28.2 Å². The average Bonchev–Trinajstić information content (AvgIpc) is 2.85. The van der Waals surface area contributed by atoms with E-state index in [2.05, 4.69) is 72.0 Å². The van der Waals surface area contributed by atoms with Crippen LogP contribution in [0.2, 0.25) is 0 Å². The van der Waals surface area contributed by atoms with Crippen LogP contribution in [0.3, 0.4) is 0 Å². The van der Waals surface area contributed by atoms with Crippen molar-refractivity contribution in [3.63, 3.8) is 0 Å². The second kappa shape index (κ2) is 6.48. The van der Waals surface area contributed by atoms with Crippen LogP contribution in [-0.2, 0) is 6.54 Å². The molecule has 1 aromatic rings. The largest absolute Gasteiger partial charge is 0.371 e. The third-order valence-electron chi connectivity index (χ3n) is 4.07. The van der Waals surface area contributed by atoms with Gasteiger partial charge in [-0.3, -0.25) is 0 Å². The first kappa shape index (κ1) is 15.8. The third kappa shape index (κ3) is 4.23. The van der Waals surface area contributed by atoms with Crippen molar-refractivity contribution in [2.45, 2.75) is 52.6 Å². The van der Waals surface area contributed by atoms with E-state index in [1.165, 1.54) is 41.7 Å². The summed E-state index contributed by atoms with van der Waals surface area (Å²) in [6.45, 7) is 12.2. The van der Waals surface area contributed by atoms with Gasteiger partial charge >= 0.3 is 0 Å². The molecule has 1 saturated heterocycles. The van der Waals surface area contributed by atoms with Crippen molar-refractivity contribution in [2.24, 2.45) is 5.92 Å². The van der Waals surface area contributed by atoms with Crippen LogP contribution in [0.25, 0.3) is 0 Å². The molecule has 2 nitrogen and oxygen atoms in total. The monoisotopic (exact) mass is 338 g/mol. The van der Waals surface area contributed by atoms with Crippen LogP contribution in [0.4, 0.5) is 5.69 Å². The lowest BCUT2D eigenvalue weighted by Gasteiger charge is -2.22. The van der Waals surface area contributed by atoms with Crippen molar-refractivity contribution < 1.29 is 0 Å². The number of anilines is 1. The fourth-order valence-electron chi connectivity index (χ4n) is 2.64. The first-order chi connectivity index (χ1) is 9.39. The summed E-state index contributed by atoms with van der Waals surface area (Å²) in [5, 5.41) is 3.54. The van der Waals surface area contributed by atoms with Gasteiger partial charge in [0.2, 0.25) is 0 Å². The molecule has 20 heavy (non-hydrogen) atoms. The smallest absolute Gasteiger partial charge is 0.0377 e. The minimum Gasteiger partial charge on any atom is -0.371 e. The van der Waals surface area contributed by atoms with Gasteiger partial charge in [0, 0.05) is 35.3 Å². The number of rotatable bonds is 4. The summed E-state index contributed by atoms with van der Waals surface area (Å²) in [5.74, 6) is 0.871. The van der Waals surface area contributed by atoms with Crippen molar-refractivity contribution in [2.75, 3.05) is 18.0 Å². The maximum absolute atomic E-state index is 3.73. The highest BCUT2D eigenvalue weighted by molar-refractivity contribution is 9.10. The van der Waals surface area contributed by atoms with Crippen LogP contribution >= 0.6 is 15.9 Å². The molecule has 0 amide bonds. The van der Waals surface area contributed by atoms with E-state index in [0.29, 0.717) is 0 Å². The van der Waals surface area contributed by atoms with Crippen molar-refractivity contribution in [3.8, 4) is 0 Å². The fourth-order valence-corrected chi connectivity index (χ4v) is 3.14. The van der Waals surface area contributed by atoms with Gasteiger partial charge in [0.15, 0.2) is 0 Å². The van der Waals surface area contributed by atoms with Crippen LogP contribution < -0.4 is 10.2 Å². The molecular weight excluding hydrogens is 312 g/mol. The summed E-state index contributed by atoms with van der Waals surface area (Å²) in [6.07, 6.45) is 2.63. The molecule has 0 aromatic heterocycles. The van der Waals surface area contributed by atoms with E-state index in [1.54, 1.807) is 0 Å². The number of nitrogens with one attached hydrogen (secondary N) is 1. The molecule has 1 aliphatic heterocycles. The van der Waals surface area contributed by atoms with Gasteiger partial charge in [-0.25, -0.2) is 0 Å². The highest BCUT2D eigenvalue weighted by atomic mass is 79.9. The molecule has 1 heterocycles. The van der Waals surface area contributed by atoms with Gasteiger partial charge in [-0.1, -0.05) is 35.3 Å². The molecule has 0 radical (unpaired) electrons. The number of halogens is 1. The molecule has 0 aliphatic carbocycles. The summed E-state index contributed by atoms with van der Waals surface area (Å²) >= 11 is 3.73. The molecule has 1 N–H and O–H groups in total. The van der Waals surface area contributed by atoms with E-state index in [4.69, 9.17) is 0 Å². The van der Waals surface area contributed by atoms with E-state index in [9.17, 15) is 0 Å². The van der Waals surface area contributed by atoms with Crippen LogP contribution in [0, 0.1) is 5.92 Å². The van der Waals surface area contributed by atoms with Gasteiger partial charge in [0.05, 0.1) is 0 Å². The molecule has 1 aromatic carbocycles. The molecule has 0 spiro atoms. The summed E-state index contributed by atoms with van der Waals surface area (Å²) in [6, 6.07) is 6.79. The van der Waals surface area contributed by atoms with E-state index in [1.807, 2.05) is 0 Å². The second-order valence-corrected chi connectivity index (χ2v) is 7.74. The highest BCUT2D eigenvalue weighted by Gasteiger charge is 2.21. The van der Waals surface area contributed by atoms with Crippen LogP contribution in [0.15, 0.2) is 22.7 Å². The van der Waals surface area contributed by atoms with Gasteiger partial charge in [-0.15, -0.1) is 0 Å². The summed E-state index contributed by atoms with van der Waals surface area (Å²) in [7, 11) is 0. The third-order valence-corrected chi connectivity index (χ3v) is 4.81. The Morgan fingerprint density at radius 3 is 2.65 bits per heavy atom. The van der Waals surface area contributed by atoms with Gasteiger partial charge < -0.3 is 10.2 Å². The summed E-state index contributed by atoms with van der Waals surface area (Å²) in [4.78, 5) is 2.51. The first-order valence-electron chi connectivity index (χ1n) is 7.67. The lowest BCUT2D eigenvalue weighted by Crippen LogP contribution is -2.35. The quantitative estimate of drug-likeness (QED) is 0.864. The minimum absolute atomic E-state index is 0.154. The molecule has 1 aliphatic rings. The maximum atomic E-state index is 3.73. The average molecular weight is 339 g/mol. The Morgan fingerprint density at radius 2 is 2.10 bits per heavy atom. The van der Waals surface area contributed by atoms with Crippen LogP contribution in [0.1, 0.15) is 46.1 Å². The number of hydrogen-bond donors (Lipinski definition) is 1. The van der Waals surface area contributed by atoms with Crippen LogP contribution in [0.5, 0.6) is 0 Å². The highest BCUT2D eigenvalue weighted by Crippen LogP contribution is 2.29. The van der Waals surface area contributed by atoms with E-state index < -0.39 is 0 Å². The first-order valence-corrected chi connectivity index (χ1v) is 8.47. The van der Waals surface area contributed by atoms with E-state index in [-0.39, 0.29) is 5.54 Å². The van der Waals surface area contributed by atoms with Crippen molar-refractivity contribution in [1.29, 1.82) is 0 Å². The summed E-state index contributed by atoms with van der Waals surface area (Å²) in [5.41, 5.74) is 2.84. The van der Waals surface area contributed by atoms with E-state index >= 15 is 0 Å². The number of hydrogen-bond acceptors (Lipinski definition) is 2. The van der Waals surface area contributed by atoms with Gasteiger partial charge in [-0.05, 0) is 50.8 Å². The Morgan fingerprint density at radius 1 is 1.35 bits per heavy atom. The lowest BCUT2D eigenvalue weighted by atomic mass is 10.1. The molecule has 0 bridgehead atoms. The Hall–Kier alpha value is -0.540. The molecule has 112 valence electrons. The summed E-state index contributed by atoms with van der Waals surface area (Å²) < 4.78 is 1.21. The molecular formula is C17H27BrN2. The predicted molar refractivity (Wildman–Crippen MR) is 91.3 cm³/mol. The topological polar surface area (TPSA) is 15.3 Å². The fraction of sp³-hybridized carbons (Fsp3) is 0.647. The van der Waals surface area contributed by atoms with Crippen LogP contribution in [-0.4, -0.2) is 18.6 Å². The van der Waals surface area contributed by atoms with Crippen molar-refractivity contribution >= 4 is 21.6 Å². The molecule has 2 rings (SSSR count). The zero-order valence-electron chi connectivity index (χ0n) is 13.2. The van der Waals surface area contributed by atoms with Gasteiger partial charge in [0.1, 0.15) is 0 Å². The zero-order chi connectivity index (χ0) is 14.8. The predicted octanol–water partition coefficient (Wildman–Crippen LogP) is 4.57. The van der Waals surface area contributed by atoms with Crippen molar-refractivity contribution in [1.82, 2.24) is 5.32 Å². The number of benzene rings is 1. The minimum atomic E-state index is 0.154. The van der Waals surface area contributed by atoms with Gasteiger partial charge in [-0.2, -0.15) is 0 Å². The van der Waals surface area contributed by atoms with E-state index in [0.717, 1.165) is 12.5 Å². The molecule has 1 unspecified atom stereocenters. The maximum Gasteiger partial charge on any atom is 0.0377 e. The molecule has 1 atom stereocenters. The standard InChI is InChI=1S/C17H27BrN2/c1-5-13-8-9-20(12-13)15-7-6-14(16(18)10-15)11-19-17(2,3)4/h6-7,10,13,19H,5,8-9,11-12H2,1-4H3. The molecule has 1 fully saturated rings. The Bertz CT molecular complexity index is 451. The SMILES string of the molecule is CCC1CCN(c2ccc(CNC(C)(C)C)c(Br)c2)C1. The zero-order valence-corrected chi connectivity index (χ0v) is 14.8. The molecule has 3 heteroatoms.